The number of hydrogen-bond donors (Lipinski definition) is 0. The van der Waals surface area contributed by atoms with Gasteiger partial charge in [0.25, 0.3) is 5.91 Å². The van der Waals surface area contributed by atoms with Crippen molar-refractivity contribution in [3.63, 3.8) is 0 Å². The Labute approximate surface area is 150 Å². The molecule has 0 radical (unpaired) electrons. The molecule has 2 rings (SSSR count). The van der Waals surface area contributed by atoms with Crippen molar-refractivity contribution in [2.24, 2.45) is 0 Å². The van der Waals surface area contributed by atoms with E-state index >= 15 is 0 Å². The Balaban J connectivity index is 1.92. The van der Waals surface area contributed by atoms with E-state index in [4.69, 9.17) is 9.47 Å². The zero-order valence-corrected chi connectivity index (χ0v) is 14.5. The number of ether oxygens (including phenoxy) is 2. The van der Waals surface area contributed by atoms with Crippen LogP contribution in [0.5, 0.6) is 11.5 Å². The zero-order chi connectivity index (χ0) is 19.2. The molecular formula is C19H20F3NO3. The van der Waals surface area contributed by atoms with Crippen LogP contribution >= 0.6 is 0 Å². The quantitative estimate of drug-likeness (QED) is 0.738. The van der Waals surface area contributed by atoms with E-state index in [1.165, 1.54) is 17.0 Å². The van der Waals surface area contributed by atoms with Crippen LogP contribution in [0.2, 0.25) is 0 Å². The maximum Gasteiger partial charge on any atom is 0.416 e. The molecule has 1 amide bonds. The molecule has 0 unspecified atom stereocenters. The highest BCUT2D eigenvalue weighted by Crippen LogP contribution is 2.29. The van der Waals surface area contributed by atoms with Crippen LogP contribution in [0, 0.1) is 0 Å². The lowest BCUT2D eigenvalue weighted by molar-refractivity contribution is -0.137. The van der Waals surface area contributed by atoms with E-state index in [0.29, 0.717) is 23.7 Å². The van der Waals surface area contributed by atoms with Crippen molar-refractivity contribution in [1.82, 2.24) is 4.90 Å². The largest absolute Gasteiger partial charge is 0.490 e. The first-order chi connectivity index (χ1) is 12.3. The fourth-order valence-electron chi connectivity index (χ4n) is 2.26. The summed E-state index contributed by atoms with van der Waals surface area (Å²) in [6.45, 7) is 2.32. The normalized spacial score (nSPS) is 11.1. The summed E-state index contributed by atoms with van der Waals surface area (Å²) >= 11 is 0. The molecule has 0 heterocycles. The van der Waals surface area contributed by atoms with Gasteiger partial charge in [0.05, 0.1) is 12.2 Å². The minimum absolute atomic E-state index is 0.188. The number of halogens is 3. The van der Waals surface area contributed by atoms with E-state index in [1.54, 1.807) is 31.3 Å². The zero-order valence-electron chi connectivity index (χ0n) is 14.5. The first-order valence-electron chi connectivity index (χ1n) is 8.06. The fourth-order valence-corrected chi connectivity index (χ4v) is 2.26. The smallest absolute Gasteiger partial charge is 0.416 e. The maximum atomic E-state index is 12.6. The highest BCUT2D eigenvalue weighted by atomic mass is 19.4. The van der Waals surface area contributed by atoms with Gasteiger partial charge in [-0.2, -0.15) is 13.2 Å². The second-order valence-corrected chi connectivity index (χ2v) is 5.61. The van der Waals surface area contributed by atoms with Crippen molar-refractivity contribution < 1.29 is 27.4 Å². The molecule has 0 saturated heterocycles. The summed E-state index contributed by atoms with van der Waals surface area (Å²) < 4.78 is 48.6. The van der Waals surface area contributed by atoms with Gasteiger partial charge >= 0.3 is 6.18 Å². The summed E-state index contributed by atoms with van der Waals surface area (Å²) in [6.07, 6.45) is -4.37. The molecule has 140 valence electrons. The number of carbonyl (C=O) groups is 1. The van der Waals surface area contributed by atoms with E-state index in [9.17, 15) is 18.0 Å². The fraction of sp³-hybridized carbons (Fsp3) is 0.316. The van der Waals surface area contributed by atoms with E-state index in [2.05, 4.69) is 0 Å². The van der Waals surface area contributed by atoms with Crippen LogP contribution in [0.25, 0.3) is 0 Å². The lowest BCUT2D eigenvalue weighted by atomic mass is 10.1. The molecule has 0 saturated carbocycles. The second-order valence-electron chi connectivity index (χ2n) is 5.61. The molecular weight excluding hydrogens is 347 g/mol. The summed E-state index contributed by atoms with van der Waals surface area (Å²) in [4.78, 5) is 13.6. The molecule has 0 aliphatic carbocycles. The lowest BCUT2D eigenvalue weighted by Crippen LogP contribution is -2.31. The van der Waals surface area contributed by atoms with Gasteiger partial charge in [-0.25, -0.2) is 0 Å². The van der Waals surface area contributed by atoms with Crippen LogP contribution in [-0.4, -0.2) is 31.1 Å². The third-order valence-electron chi connectivity index (χ3n) is 3.63. The molecule has 7 heteroatoms. The number of hydrogen-bond acceptors (Lipinski definition) is 3. The van der Waals surface area contributed by atoms with Crippen molar-refractivity contribution in [1.29, 1.82) is 0 Å². The molecule has 0 bridgehead atoms. The van der Waals surface area contributed by atoms with Gasteiger partial charge in [-0.05, 0) is 36.8 Å². The van der Waals surface area contributed by atoms with Gasteiger partial charge in [-0.15, -0.1) is 0 Å². The summed E-state index contributed by atoms with van der Waals surface area (Å²) in [5, 5.41) is 0. The van der Waals surface area contributed by atoms with Crippen molar-refractivity contribution in [3.8, 4) is 11.5 Å². The van der Waals surface area contributed by atoms with E-state index in [-0.39, 0.29) is 19.1 Å². The minimum Gasteiger partial charge on any atom is -0.490 e. The molecule has 0 spiro atoms. The first-order valence-corrected chi connectivity index (χ1v) is 8.06. The van der Waals surface area contributed by atoms with Gasteiger partial charge in [-0.3, -0.25) is 4.79 Å². The van der Waals surface area contributed by atoms with Crippen molar-refractivity contribution in [2.75, 3.05) is 20.3 Å². The summed E-state index contributed by atoms with van der Waals surface area (Å²) in [5.74, 6) is 0.718. The molecule has 0 N–H and O–H groups in total. The highest BCUT2D eigenvalue weighted by molar-refractivity contribution is 5.77. The number of rotatable bonds is 7. The van der Waals surface area contributed by atoms with Gasteiger partial charge in [0, 0.05) is 13.6 Å². The Morgan fingerprint density at radius 1 is 1.00 bits per heavy atom. The number of alkyl halides is 3. The number of para-hydroxylation sites is 2. The van der Waals surface area contributed by atoms with Crippen LogP contribution < -0.4 is 9.47 Å². The summed E-state index contributed by atoms with van der Waals surface area (Å²) in [5.41, 5.74) is -0.116. The number of carbonyl (C=O) groups excluding carboxylic acids is 1. The minimum atomic E-state index is -4.37. The molecule has 0 aromatic heterocycles. The van der Waals surface area contributed by atoms with E-state index in [0.717, 1.165) is 12.1 Å². The average molecular weight is 367 g/mol. The Hall–Kier alpha value is -2.70. The lowest BCUT2D eigenvalue weighted by Gasteiger charge is -2.18. The monoisotopic (exact) mass is 367 g/mol. The molecule has 0 aliphatic heterocycles. The molecule has 0 aliphatic rings. The molecule has 4 nitrogen and oxygen atoms in total. The van der Waals surface area contributed by atoms with Gasteiger partial charge in [0.1, 0.15) is 0 Å². The third kappa shape index (κ3) is 5.40. The van der Waals surface area contributed by atoms with Gasteiger partial charge in [0.2, 0.25) is 0 Å². The molecule has 2 aromatic rings. The Bertz CT molecular complexity index is 730. The Morgan fingerprint density at radius 3 is 2.12 bits per heavy atom. The summed E-state index contributed by atoms with van der Waals surface area (Å²) in [6, 6.07) is 11.7. The van der Waals surface area contributed by atoms with Crippen LogP contribution in [0.1, 0.15) is 18.1 Å². The third-order valence-corrected chi connectivity index (χ3v) is 3.63. The molecule has 0 atom stereocenters. The first kappa shape index (κ1) is 19.6. The maximum absolute atomic E-state index is 12.6. The van der Waals surface area contributed by atoms with E-state index < -0.39 is 11.7 Å². The van der Waals surface area contributed by atoms with Crippen molar-refractivity contribution in [2.45, 2.75) is 19.6 Å². The predicted molar refractivity (Wildman–Crippen MR) is 91.0 cm³/mol. The Kier molecular flexibility index (Phi) is 6.49. The number of amides is 1. The number of benzene rings is 2. The predicted octanol–water partition coefficient (Wildman–Crippen LogP) is 4.14. The van der Waals surface area contributed by atoms with Crippen molar-refractivity contribution in [3.05, 3.63) is 59.7 Å². The van der Waals surface area contributed by atoms with Gasteiger partial charge in [-0.1, -0.05) is 24.3 Å². The summed E-state index contributed by atoms with van der Waals surface area (Å²) in [7, 11) is 1.57. The Morgan fingerprint density at radius 2 is 1.58 bits per heavy atom. The van der Waals surface area contributed by atoms with E-state index in [1.807, 2.05) is 6.92 Å². The SMILES string of the molecule is CCOc1ccccc1OCC(=O)N(C)Cc1ccc(C(F)(F)F)cc1. The standard InChI is InChI=1S/C19H20F3NO3/c1-3-25-16-6-4-5-7-17(16)26-13-18(24)23(2)12-14-8-10-15(11-9-14)19(20,21)22/h4-11H,3,12-13H2,1-2H3. The second kappa shape index (κ2) is 8.60. The van der Waals surface area contributed by atoms with Crippen molar-refractivity contribution >= 4 is 5.91 Å². The average Bonchev–Trinajstić information content (AvgIpc) is 2.60. The van der Waals surface area contributed by atoms with Crippen LogP contribution in [0.15, 0.2) is 48.5 Å². The van der Waals surface area contributed by atoms with Gasteiger partial charge < -0.3 is 14.4 Å². The number of likely N-dealkylation sites (N-methyl/N-ethyl adjacent to an activating group) is 1. The molecule has 26 heavy (non-hydrogen) atoms. The highest BCUT2D eigenvalue weighted by Gasteiger charge is 2.30. The number of nitrogens with zero attached hydrogens (tertiary/aromatic N) is 1. The van der Waals surface area contributed by atoms with Crippen LogP contribution in [-0.2, 0) is 17.5 Å². The van der Waals surface area contributed by atoms with Gasteiger partial charge in [0.15, 0.2) is 18.1 Å². The molecule has 0 fully saturated rings. The topological polar surface area (TPSA) is 38.8 Å². The van der Waals surface area contributed by atoms with Crippen LogP contribution in [0.4, 0.5) is 13.2 Å². The van der Waals surface area contributed by atoms with Crippen LogP contribution in [0.3, 0.4) is 0 Å². The molecule has 2 aromatic carbocycles.